The van der Waals surface area contributed by atoms with Crippen LogP contribution in [0.15, 0.2) is 60.9 Å². The van der Waals surface area contributed by atoms with E-state index in [1.165, 1.54) is 6.33 Å². The molecule has 0 aliphatic carbocycles. The number of aromatic amines is 1. The summed E-state index contributed by atoms with van der Waals surface area (Å²) in [7, 11) is 0. The molecule has 0 fully saturated rings. The van der Waals surface area contributed by atoms with E-state index in [1.54, 1.807) is 0 Å². The van der Waals surface area contributed by atoms with E-state index in [1.807, 2.05) is 54.6 Å². The van der Waals surface area contributed by atoms with Crippen molar-refractivity contribution >= 4 is 28.5 Å². The first-order valence-corrected chi connectivity index (χ1v) is 8.63. The van der Waals surface area contributed by atoms with Gasteiger partial charge in [-0.15, -0.1) is 0 Å². The highest BCUT2D eigenvalue weighted by atomic mass is 35.5. The average Bonchev–Trinajstić information content (AvgIpc) is 3.12. The molecule has 0 saturated heterocycles. The molecule has 0 radical (unpaired) electrons. The first kappa shape index (κ1) is 16.6. The van der Waals surface area contributed by atoms with Gasteiger partial charge in [0, 0.05) is 17.3 Å². The van der Waals surface area contributed by atoms with Crippen LogP contribution < -0.4 is 5.32 Å². The number of anilines is 1. The molecule has 6 heteroatoms. The van der Waals surface area contributed by atoms with Gasteiger partial charge in [0.05, 0.1) is 12.0 Å². The highest BCUT2D eigenvalue weighted by Crippen LogP contribution is 2.27. The first-order valence-electron chi connectivity index (χ1n) is 8.26. The van der Waals surface area contributed by atoms with Crippen molar-refractivity contribution in [2.75, 3.05) is 5.32 Å². The highest BCUT2D eigenvalue weighted by molar-refractivity contribution is 6.31. The van der Waals surface area contributed by atoms with Crippen LogP contribution in [-0.2, 0) is 13.2 Å². The highest BCUT2D eigenvalue weighted by Gasteiger charge is 2.10. The lowest BCUT2D eigenvalue weighted by molar-refractivity contribution is 0.282. The number of aliphatic hydroxyl groups is 1. The topological polar surface area (TPSA) is 73.8 Å². The van der Waals surface area contributed by atoms with Gasteiger partial charge in [-0.2, -0.15) is 0 Å². The van der Waals surface area contributed by atoms with Crippen LogP contribution in [0.3, 0.4) is 0 Å². The minimum absolute atomic E-state index is 0.0363. The van der Waals surface area contributed by atoms with Gasteiger partial charge < -0.3 is 15.4 Å². The van der Waals surface area contributed by atoms with E-state index in [-0.39, 0.29) is 6.61 Å². The third-order valence-electron chi connectivity index (χ3n) is 4.28. The van der Waals surface area contributed by atoms with E-state index in [0.29, 0.717) is 6.54 Å². The van der Waals surface area contributed by atoms with Crippen molar-refractivity contribution in [1.82, 2.24) is 15.0 Å². The van der Waals surface area contributed by atoms with Crippen LogP contribution in [0.2, 0.25) is 5.02 Å². The Morgan fingerprint density at radius 3 is 2.62 bits per heavy atom. The maximum absolute atomic E-state index is 9.18. The lowest BCUT2D eigenvalue weighted by atomic mass is 10.1. The van der Waals surface area contributed by atoms with Crippen molar-refractivity contribution in [2.45, 2.75) is 13.2 Å². The summed E-state index contributed by atoms with van der Waals surface area (Å²) in [6, 6.07) is 17.5. The molecule has 0 spiro atoms. The zero-order valence-corrected chi connectivity index (χ0v) is 14.7. The minimum atomic E-state index is 0.0363. The number of fused-ring (bicyclic) bond motifs is 1. The molecule has 2 aromatic carbocycles. The van der Waals surface area contributed by atoms with Crippen molar-refractivity contribution in [3.63, 3.8) is 0 Å². The van der Waals surface area contributed by atoms with Gasteiger partial charge in [0.1, 0.15) is 17.8 Å². The summed E-state index contributed by atoms with van der Waals surface area (Å²) < 4.78 is 0. The predicted molar refractivity (Wildman–Crippen MR) is 104 cm³/mol. The zero-order valence-electron chi connectivity index (χ0n) is 13.9. The molecule has 0 saturated carbocycles. The number of aromatic nitrogens is 3. The molecule has 0 aliphatic rings. The third kappa shape index (κ3) is 3.27. The lowest BCUT2D eigenvalue weighted by Gasteiger charge is -2.07. The molecule has 0 aliphatic heterocycles. The van der Waals surface area contributed by atoms with Crippen LogP contribution in [0.5, 0.6) is 0 Å². The van der Waals surface area contributed by atoms with E-state index >= 15 is 0 Å². The molecule has 5 nitrogen and oxygen atoms in total. The van der Waals surface area contributed by atoms with Gasteiger partial charge in [-0.25, -0.2) is 9.97 Å². The number of hydrogen-bond acceptors (Lipinski definition) is 4. The standard InChI is InChI=1S/C20H17ClN4O/c21-17-4-2-1-3-15(17)10-22-19-16-9-18(25-20(16)24-12-23-19)14-7-5-13(11-26)6-8-14/h1-9,12,26H,10-11H2,(H2,22,23,24,25). The number of benzene rings is 2. The number of halogens is 1. The van der Waals surface area contributed by atoms with Crippen molar-refractivity contribution in [2.24, 2.45) is 0 Å². The van der Waals surface area contributed by atoms with Crippen molar-refractivity contribution in [1.29, 1.82) is 0 Å². The van der Waals surface area contributed by atoms with Crippen molar-refractivity contribution < 1.29 is 5.11 Å². The minimum Gasteiger partial charge on any atom is -0.392 e. The number of hydrogen-bond donors (Lipinski definition) is 3. The molecule has 26 heavy (non-hydrogen) atoms. The smallest absolute Gasteiger partial charge is 0.143 e. The Kier molecular flexibility index (Phi) is 4.56. The van der Waals surface area contributed by atoms with Crippen LogP contribution >= 0.6 is 11.6 Å². The fourth-order valence-corrected chi connectivity index (χ4v) is 3.05. The van der Waals surface area contributed by atoms with E-state index < -0.39 is 0 Å². The summed E-state index contributed by atoms with van der Waals surface area (Å²) in [6.45, 7) is 0.617. The Morgan fingerprint density at radius 1 is 1.04 bits per heavy atom. The molecule has 2 aromatic heterocycles. The number of nitrogens with zero attached hydrogens (tertiary/aromatic N) is 2. The van der Waals surface area contributed by atoms with Crippen LogP contribution in [0.1, 0.15) is 11.1 Å². The summed E-state index contributed by atoms with van der Waals surface area (Å²) in [5.74, 6) is 0.754. The fraction of sp³-hybridized carbons (Fsp3) is 0.100. The molecule has 2 heterocycles. The maximum Gasteiger partial charge on any atom is 0.143 e. The number of rotatable bonds is 5. The Bertz CT molecular complexity index is 1040. The summed E-state index contributed by atoms with van der Waals surface area (Å²) in [4.78, 5) is 12.0. The van der Waals surface area contributed by atoms with Gasteiger partial charge in [0.2, 0.25) is 0 Å². The van der Waals surface area contributed by atoms with Crippen molar-refractivity contribution in [3.05, 3.63) is 77.1 Å². The predicted octanol–water partition coefficient (Wildman–Crippen LogP) is 4.38. The van der Waals surface area contributed by atoms with Crippen LogP contribution in [0, 0.1) is 0 Å². The molecule has 4 aromatic rings. The maximum atomic E-state index is 9.18. The second-order valence-corrected chi connectivity index (χ2v) is 6.37. The zero-order chi connectivity index (χ0) is 17.9. The summed E-state index contributed by atoms with van der Waals surface area (Å²) in [5, 5.41) is 14.2. The average molecular weight is 365 g/mol. The number of H-pyrrole nitrogens is 1. The fourth-order valence-electron chi connectivity index (χ4n) is 2.85. The molecule has 0 unspecified atom stereocenters. The van der Waals surface area contributed by atoms with Crippen LogP contribution in [0.25, 0.3) is 22.3 Å². The van der Waals surface area contributed by atoms with Crippen LogP contribution in [-0.4, -0.2) is 20.1 Å². The Labute approximate surface area is 155 Å². The quantitative estimate of drug-likeness (QED) is 0.491. The third-order valence-corrected chi connectivity index (χ3v) is 4.65. The Balaban J connectivity index is 1.64. The largest absolute Gasteiger partial charge is 0.392 e. The summed E-state index contributed by atoms with van der Waals surface area (Å²) in [5.41, 5.74) is 4.63. The molecular formula is C20H17ClN4O. The number of nitrogens with one attached hydrogen (secondary N) is 2. The van der Waals surface area contributed by atoms with Crippen LogP contribution in [0.4, 0.5) is 5.82 Å². The molecule has 0 atom stereocenters. The molecule has 3 N–H and O–H groups in total. The lowest BCUT2D eigenvalue weighted by Crippen LogP contribution is -2.02. The van der Waals surface area contributed by atoms with Gasteiger partial charge in [0.25, 0.3) is 0 Å². The van der Waals surface area contributed by atoms with Gasteiger partial charge in [-0.1, -0.05) is 54.1 Å². The molecule has 4 rings (SSSR count). The Hall–Kier alpha value is -2.89. The molecule has 130 valence electrons. The second-order valence-electron chi connectivity index (χ2n) is 5.97. The van der Waals surface area contributed by atoms with E-state index in [4.69, 9.17) is 11.6 Å². The van der Waals surface area contributed by atoms with E-state index in [0.717, 1.165) is 44.3 Å². The van der Waals surface area contributed by atoms with E-state index in [9.17, 15) is 5.11 Å². The SMILES string of the molecule is OCc1ccc(-c2cc3c(NCc4ccccc4Cl)ncnc3[nH]2)cc1. The Morgan fingerprint density at radius 2 is 1.85 bits per heavy atom. The van der Waals surface area contributed by atoms with E-state index in [2.05, 4.69) is 20.3 Å². The second kappa shape index (κ2) is 7.15. The van der Waals surface area contributed by atoms with Crippen molar-refractivity contribution in [3.8, 4) is 11.3 Å². The molecule has 0 amide bonds. The van der Waals surface area contributed by atoms with Gasteiger partial charge in [-0.3, -0.25) is 0 Å². The normalized spacial score (nSPS) is 11.0. The summed E-state index contributed by atoms with van der Waals surface area (Å²) >= 11 is 6.22. The molecule has 0 bridgehead atoms. The van der Waals surface area contributed by atoms with Gasteiger partial charge in [0.15, 0.2) is 0 Å². The number of aliphatic hydroxyl groups excluding tert-OH is 1. The first-order chi connectivity index (χ1) is 12.7. The molecular weight excluding hydrogens is 348 g/mol. The van der Waals surface area contributed by atoms with Gasteiger partial charge in [-0.05, 0) is 28.8 Å². The van der Waals surface area contributed by atoms with Gasteiger partial charge >= 0.3 is 0 Å². The summed E-state index contributed by atoms with van der Waals surface area (Å²) in [6.07, 6.45) is 1.53. The monoisotopic (exact) mass is 364 g/mol.